The number of methoxy groups -OCH3 is 2. The van der Waals surface area contributed by atoms with Crippen LogP contribution in [0.1, 0.15) is 12.8 Å². The Balaban J connectivity index is 1.84. The van der Waals surface area contributed by atoms with E-state index in [1.807, 2.05) is 47.0 Å². The molecule has 4 aromatic rings. The third kappa shape index (κ3) is 4.20. The molecule has 0 aliphatic rings. The van der Waals surface area contributed by atoms with Gasteiger partial charge in [-0.05, 0) is 35.9 Å². The standard InChI is InChI=1S/C24H23N5O2S/c1-4-5-9-12-29-23-20(22(25)26-15-27-23)28-24(29)32-19-14-17(30-2)13-18(21(19)31-3)16-10-7-6-8-11-16/h1,6-8,10-11,13-15H,5,9,12H2,2-3H3,(H2,25,26,27). The number of benzene rings is 2. The van der Waals surface area contributed by atoms with E-state index < -0.39 is 0 Å². The van der Waals surface area contributed by atoms with Gasteiger partial charge in [-0.2, -0.15) is 0 Å². The van der Waals surface area contributed by atoms with Gasteiger partial charge in [0, 0.05) is 18.5 Å². The molecule has 2 N–H and O–H groups in total. The van der Waals surface area contributed by atoms with Gasteiger partial charge in [0.2, 0.25) is 0 Å². The second-order valence-electron chi connectivity index (χ2n) is 6.96. The van der Waals surface area contributed by atoms with Gasteiger partial charge in [-0.1, -0.05) is 30.3 Å². The van der Waals surface area contributed by atoms with Gasteiger partial charge < -0.3 is 19.8 Å². The molecule has 0 saturated carbocycles. The molecule has 0 fully saturated rings. The fraction of sp³-hybridized carbons (Fsp3) is 0.208. The van der Waals surface area contributed by atoms with Crippen molar-refractivity contribution in [2.45, 2.75) is 29.4 Å². The van der Waals surface area contributed by atoms with Crippen molar-refractivity contribution in [1.82, 2.24) is 19.5 Å². The molecule has 0 radical (unpaired) electrons. The summed E-state index contributed by atoms with van der Waals surface area (Å²) >= 11 is 1.47. The number of hydrogen-bond acceptors (Lipinski definition) is 7. The van der Waals surface area contributed by atoms with Crippen molar-refractivity contribution in [2.75, 3.05) is 20.0 Å². The molecule has 2 aromatic carbocycles. The molecule has 0 saturated heterocycles. The molecule has 32 heavy (non-hydrogen) atoms. The fourth-order valence-corrected chi connectivity index (χ4v) is 4.55. The molecule has 162 valence electrons. The molecule has 4 rings (SSSR count). The van der Waals surface area contributed by atoms with Gasteiger partial charge >= 0.3 is 0 Å². The summed E-state index contributed by atoms with van der Waals surface area (Å²) in [6, 6.07) is 14.0. The molecule has 0 amide bonds. The van der Waals surface area contributed by atoms with E-state index in [1.165, 1.54) is 18.1 Å². The molecule has 0 bridgehead atoms. The van der Waals surface area contributed by atoms with Gasteiger partial charge in [0.1, 0.15) is 17.8 Å². The van der Waals surface area contributed by atoms with Crippen LogP contribution in [0.3, 0.4) is 0 Å². The van der Waals surface area contributed by atoms with E-state index in [9.17, 15) is 0 Å². The predicted molar refractivity (Wildman–Crippen MR) is 127 cm³/mol. The molecule has 8 heteroatoms. The highest BCUT2D eigenvalue weighted by molar-refractivity contribution is 7.99. The lowest BCUT2D eigenvalue weighted by molar-refractivity contribution is 0.395. The Morgan fingerprint density at radius 1 is 1.12 bits per heavy atom. The number of imidazole rings is 1. The van der Waals surface area contributed by atoms with Crippen LogP contribution in [0.15, 0.2) is 58.8 Å². The molecule has 2 aromatic heterocycles. The number of anilines is 1. The summed E-state index contributed by atoms with van der Waals surface area (Å²) in [6.07, 6.45) is 8.35. The maximum atomic E-state index is 6.08. The maximum Gasteiger partial charge on any atom is 0.175 e. The number of unbranched alkanes of at least 4 members (excludes halogenated alkanes) is 1. The molecular weight excluding hydrogens is 422 g/mol. The minimum atomic E-state index is 0.343. The van der Waals surface area contributed by atoms with Crippen LogP contribution >= 0.6 is 11.8 Å². The first-order valence-electron chi connectivity index (χ1n) is 10.1. The van der Waals surface area contributed by atoms with Crippen LogP contribution in [0.2, 0.25) is 0 Å². The minimum Gasteiger partial charge on any atom is -0.497 e. The average molecular weight is 446 g/mol. The zero-order chi connectivity index (χ0) is 22.5. The van der Waals surface area contributed by atoms with Crippen LogP contribution in [0.5, 0.6) is 11.5 Å². The molecule has 0 atom stereocenters. The van der Waals surface area contributed by atoms with Crippen LogP contribution in [0.25, 0.3) is 22.3 Å². The van der Waals surface area contributed by atoms with Gasteiger partial charge in [-0.25, -0.2) is 15.0 Å². The zero-order valence-electron chi connectivity index (χ0n) is 17.9. The van der Waals surface area contributed by atoms with E-state index in [0.717, 1.165) is 39.1 Å². The number of nitrogen functional groups attached to an aromatic ring is 1. The van der Waals surface area contributed by atoms with Crippen LogP contribution in [0, 0.1) is 12.3 Å². The number of ether oxygens (including phenoxy) is 2. The van der Waals surface area contributed by atoms with E-state index >= 15 is 0 Å². The van der Waals surface area contributed by atoms with E-state index in [2.05, 4.69) is 15.9 Å². The second kappa shape index (κ2) is 9.62. The average Bonchev–Trinajstić information content (AvgIpc) is 3.17. The largest absolute Gasteiger partial charge is 0.497 e. The second-order valence-corrected chi connectivity index (χ2v) is 7.97. The van der Waals surface area contributed by atoms with E-state index in [1.54, 1.807) is 14.2 Å². The summed E-state index contributed by atoms with van der Waals surface area (Å²) in [4.78, 5) is 14.1. The summed E-state index contributed by atoms with van der Waals surface area (Å²) in [5.74, 6) is 4.49. The first kappa shape index (κ1) is 21.5. The molecular formula is C24H23N5O2S. The Labute approximate surface area is 191 Å². The van der Waals surface area contributed by atoms with Crippen molar-refractivity contribution in [3.05, 3.63) is 48.8 Å². The summed E-state index contributed by atoms with van der Waals surface area (Å²) in [5, 5.41) is 0.731. The van der Waals surface area contributed by atoms with E-state index in [4.69, 9.17) is 26.6 Å². The van der Waals surface area contributed by atoms with Crippen molar-refractivity contribution in [1.29, 1.82) is 0 Å². The first-order valence-corrected chi connectivity index (χ1v) is 10.9. The van der Waals surface area contributed by atoms with Gasteiger partial charge in [0.25, 0.3) is 0 Å². The third-order valence-corrected chi connectivity index (χ3v) is 6.00. The monoisotopic (exact) mass is 445 g/mol. The highest BCUT2D eigenvalue weighted by Gasteiger charge is 2.20. The Kier molecular flexibility index (Phi) is 6.47. The number of aryl methyl sites for hydroxylation is 1. The van der Waals surface area contributed by atoms with Crippen LogP contribution in [-0.2, 0) is 6.54 Å². The highest BCUT2D eigenvalue weighted by atomic mass is 32.2. The number of hydrogen-bond donors (Lipinski definition) is 1. The SMILES string of the molecule is C#CCCCn1c(Sc2cc(OC)cc(-c3ccccc3)c2OC)nc2c(N)ncnc21. The summed E-state index contributed by atoms with van der Waals surface area (Å²) in [7, 11) is 3.31. The van der Waals surface area contributed by atoms with Gasteiger partial charge in [0.05, 0.1) is 19.1 Å². The number of aromatic nitrogens is 4. The van der Waals surface area contributed by atoms with Crippen LogP contribution in [-0.4, -0.2) is 33.7 Å². The van der Waals surface area contributed by atoms with Crippen molar-refractivity contribution < 1.29 is 9.47 Å². The van der Waals surface area contributed by atoms with Crippen molar-refractivity contribution in [3.8, 4) is 35.0 Å². The Bertz CT molecular complexity index is 1280. The quantitative estimate of drug-likeness (QED) is 0.312. The maximum absolute atomic E-state index is 6.08. The minimum absolute atomic E-state index is 0.343. The van der Waals surface area contributed by atoms with Crippen LogP contribution < -0.4 is 15.2 Å². The van der Waals surface area contributed by atoms with E-state index in [-0.39, 0.29) is 0 Å². The lowest BCUT2D eigenvalue weighted by Gasteiger charge is -2.16. The van der Waals surface area contributed by atoms with Crippen molar-refractivity contribution in [3.63, 3.8) is 0 Å². The van der Waals surface area contributed by atoms with Crippen molar-refractivity contribution in [2.24, 2.45) is 0 Å². The Morgan fingerprint density at radius 2 is 1.94 bits per heavy atom. The lowest BCUT2D eigenvalue weighted by atomic mass is 10.0. The molecule has 0 aliphatic carbocycles. The zero-order valence-corrected chi connectivity index (χ0v) is 18.7. The summed E-state index contributed by atoms with van der Waals surface area (Å²) in [6.45, 7) is 0.664. The fourth-order valence-electron chi connectivity index (χ4n) is 3.46. The Morgan fingerprint density at radius 3 is 2.66 bits per heavy atom. The summed E-state index contributed by atoms with van der Waals surface area (Å²) < 4.78 is 13.5. The van der Waals surface area contributed by atoms with Gasteiger partial charge in [-0.3, -0.25) is 0 Å². The highest BCUT2D eigenvalue weighted by Crippen LogP contribution is 2.44. The number of fused-ring (bicyclic) bond motifs is 1. The molecule has 0 aliphatic heterocycles. The predicted octanol–water partition coefficient (Wildman–Crippen LogP) is 4.66. The normalized spacial score (nSPS) is 10.8. The number of nitrogens with zero attached hydrogens (tertiary/aromatic N) is 4. The number of rotatable bonds is 8. The molecule has 2 heterocycles. The Hall–Kier alpha value is -3.70. The first-order chi connectivity index (χ1) is 15.7. The molecule has 7 nitrogen and oxygen atoms in total. The van der Waals surface area contributed by atoms with Crippen LogP contribution in [0.4, 0.5) is 5.82 Å². The summed E-state index contributed by atoms with van der Waals surface area (Å²) in [5.41, 5.74) is 9.29. The number of nitrogens with two attached hydrogens (primary N) is 1. The molecule has 0 spiro atoms. The number of terminal acetylenes is 1. The molecule has 0 unspecified atom stereocenters. The van der Waals surface area contributed by atoms with Crippen molar-refractivity contribution >= 4 is 28.7 Å². The van der Waals surface area contributed by atoms with Gasteiger partial charge in [-0.15, -0.1) is 12.3 Å². The third-order valence-electron chi connectivity index (χ3n) is 4.98. The smallest absolute Gasteiger partial charge is 0.175 e. The van der Waals surface area contributed by atoms with Gasteiger partial charge in [0.15, 0.2) is 22.1 Å². The van der Waals surface area contributed by atoms with E-state index in [0.29, 0.717) is 29.9 Å². The topological polar surface area (TPSA) is 88.1 Å². The lowest BCUT2D eigenvalue weighted by Crippen LogP contribution is -2.02.